The average Bonchev–Trinajstić information content (AvgIpc) is 2.77. The molecule has 118 valence electrons. The molecule has 0 saturated heterocycles. The lowest BCUT2D eigenvalue weighted by Gasteiger charge is -2.08. The van der Waals surface area contributed by atoms with Gasteiger partial charge in [-0.15, -0.1) is 0 Å². The molecule has 8 heteroatoms. The van der Waals surface area contributed by atoms with E-state index in [0.29, 0.717) is 26.8 Å². The first kappa shape index (κ1) is 15.6. The zero-order valence-electron chi connectivity index (χ0n) is 11.6. The second-order valence-corrected chi connectivity index (χ2v) is 5.69. The molecule has 3 aromatic rings. The van der Waals surface area contributed by atoms with E-state index in [4.69, 9.17) is 23.2 Å². The van der Waals surface area contributed by atoms with Crippen LogP contribution in [-0.2, 0) is 11.3 Å². The molecule has 5 nitrogen and oxygen atoms in total. The van der Waals surface area contributed by atoms with Crippen molar-refractivity contribution in [1.82, 2.24) is 9.55 Å². The number of halogens is 3. The summed E-state index contributed by atoms with van der Waals surface area (Å²) >= 11 is 11.8. The fourth-order valence-electron chi connectivity index (χ4n) is 2.22. The molecule has 1 aromatic heterocycles. The van der Waals surface area contributed by atoms with Crippen LogP contribution in [0.25, 0.3) is 11.0 Å². The molecule has 0 aliphatic rings. The van der Waals surface area contributed by atoms with E-state index < -0.39 is 17.4 Å². The predicted octanol–water partition coefficient (Wildman–Crippen LogP) is 3.41. The number of rotatable bonds is 3. The molecule has 0 aliphatic heterocycles. The van der Waals surface area contributed by atoms with E-state index in [2.05, 4.69) is 10.3 Å². The molecule has 3 rings (SSSR count). The number of carbonyl (C=O) groups excluding carboxylic acids is 1. The highest BCUT2D eigenvalue weighted by atomic mass is 35.5. The van der Waals surface area contributed by atoms with Crippen LogP contribution < -0.4 is 11.0 Å². The number of amides is 1. The Hall–Kier alpha value is -2.31. The van der Waals surface area contributed by atoms with E-state index in [1.165, 1.54) is 28.8 Å². The number of nitrogens with one attached hydrogen (secondary N) is 2. The van der Waals surface area contributed by atoms with E-state index in [0.717, 1.165) is 0 Å². The number of H-pyrrole nitrogens is 1. The van der Waals surface area contributed by atoms with Crippen molar-refractivity contribution in [2.45, 2.75) is 6.54 Å². The molecule has 0 bridgehead atoms. The van der Waals surface area contributed by atoms with Crippen LogP contribution in [0.15, 0.2) is 41.2 Å². The van der Waals surface area contributed by atoms with Gasteiger partial charge < -0.3 is 10.3 Å². The Kier molecular flexibility index (Phi) is 4.11. The van der Waals surface area contributed by atoms with Gasteiger partial charge in [0.05, 0.1) is 21.7 Å². The van der Waals surface area contributed by atoms with Crippen LogP contribution >= 0.6 is 23.2 Å². The third-order valence-electron chi connectivity index (χ3n) is 3.24. The summed E-state index contributed by atoms with van der Waals surface area (Å²) in [6.45, 7) is -0.233. The van der Waals surface area contributed by atoms with Crippen LogP contribution in [0.1, 0.15) is 0 Å². The van der Waals surface area contributed by atoms with Gasteiger partial charge in [0.15, 0.2) is 0 Å². The zero-order valence-corrected chi connectivity index (χ0v) is 13.1. The number of aromatic amines is 1. The van der Waals surface area contributed by atoms with Crippen LogP contribution in [-0.4, -0.2) is 15.5 Å². The van der Waals surface area contributed by atoms with Crippen LogP contribution in [0.4, 0.5) is 10.1 Å². The molecule has 1 heterocycles. The second kappa shape index (κ2) is 6.06. The van der Waals surface area contributed by atoms with Crippen molar-refractivity contribution in [1.29, 1.82) is 0 Å². The molecule has 0 saturated carbocycles. The van der Waals surface area contributed by atoms with E-state index in [-0.39, 0.29) is 6.54 Å². The summed E-state index contributed by atoms with van der Waals surface area (Å²) in [6, 6.07) is 8.51. The monoisotopic (exact) mass is 353 g/mol. The lowest BCUT2D eigenvalue weighted by molar-refractivity contribution is -0.116. The third-order valence-corrected chi connectivity index (χ3v) is 3.79. The van der Waals surface area contributed by atoms with Crippen molar-refractivity contribution >= 4 is 45.8 Å². The number of nitrogens with zero attached hydrogens (tertiary/aromatic N) is 1. The Bertz CT molecular complexity index is 965. The van der Waals surface area contributed by atoms with Crippen LogP contribution in [0.5, 0.6) is 0 Å². The lowest BCUT2D eigenvalue weighted by Crippen LogP contribution is -2.25. The van der Waals surface area contributed by atoms with Gasteiger partial charge in [-0.05, 0) is 36.4 Å². The first-order valence-corrected chi connectivity index (χ1v) is 7.32. The SMILES string of the molecule is O=C(Cn1c(=O)[nH]c2cc(F)ccc21)Nc1ccc(Cl)cc1Cl. The standard InChI is InChI=1S/C15H10Cl2FN3O2/c16-8-1-3-11(10(17)5-8)19-14(22)7-21-13-4-2-9(18)6-12(13)20-15(21)23/h1-6H,7H2,(H,19,22)(H,20,23). The van der Waals surface area contributed by atoms with Crippen molar-refractivity contribution in [3.8, 4) is 0 Å². The summed E-state index contributed by atoms with van der Waals surface area (Å²) in [5.74, 6) is -0.912. The van der Waals surface area contributed by atoms with Gasteiger partial charge in [0, 0.05) is 5.02 Å². The molecule has 0 radical (unpaired) electrons. The molecule has 2 aromatic carbocycles. The number of aromatic nitrogens is 2. The fourth-order valence-corrected chi connectivity index (χ4v) is 2.67. The Labute approximate surface area is 139 Å². The normalized spacial score (nSPS) is 10.9. The Balaban J connectivity index is 1.86. The zero-order chi connectivity index (χ0) is 16.6. The van der Waals surface area contributed by atoms with Gasteiger partial charge in [0.25, 0.3) is 0 Å². The average molecular weight is 354 g/mol. The number of hydrogen-bond acceptors (Lipinski definition) is 2. The highest BCUT2D eigenvalue weighted by Crippen LogP contribution is 2.25. The van der Waals surface area contributed by atoms with Crippen LogP contribution in [0.3, 0.4) is 0 Å². The largest absolute Gasteiger partial charge is 0.326 e. The first-order chi connectivity index (χ1) is 10.9. The summed E-state index contributed by atoms with van der Waals surface area (Å²) in [6.07, 6.45) is 0. The van der Waals surface area contributed by atoms with Gasteiger partial charge in [-0.1, -0.05) is 23.2 Å². The number of imidazole rings is 1. The fraction of sp³-hybridized carbons (Fsp3) is 0.0667. The molecule has 23 heavy (non-hydrogen) atoms. The molecule has 0 unspecified atom stereocenters. The van der Waals surface area contributed by atoms with E-state index in [1.54, 1.807) is 12.1 Å². The van der Waals surface area contributed by atoms with Gasteiger partial charge in [-0.25, -0.2) is 9.18 Å². The molecule has 0 atom stereocenters. The number of benzene rings is 2. The maximum absolute atomic E-state index is 13.2. The van der Waals surface area contributed by atoms with Gasteiger partial charge in [-0.3, -0.25) is 9.36 Å². The van der Waals surface area contributed by atoms with Gasteiger partial charge in [0.1, 0.15) is 12.4 Å². The molecule has 2 N–H and O–H groups in total. The number of hydrogen-bond donors (Lipinski definition) is 2. The van der Waals surface area contributed by atoms with E-state index >= 15 is 0 Å². The van der Waals surface area contributed by atoms with Crippen molar-refractivity contribution in [3.05, 3.63) is 62.7 Å². The highest BCUT2D eigenvalue weighted by Gasteiger charge is 2.12. The van der Waals surface area contributed by atoms with E-state index in [1.807, 2.05) is 0 Å². The molecule has 0 fully saturated rings. The number of carbonyl (C=O) groups is 1. The summed E-state index contributed by atoms with van der Waals surface area (Å²) in [7, 11) is 0. The van der Waals surface area contributed by atoms with Crippen molar-refractivity contribution in [3.63, 3.8) is 0 Å². The third kappa shape index (κ3) is 3.23. The maximum Gasteiger partial charge on any atom is 0.326 e. The number of anilines is 1. The lowest BCUT2D eigenvalue weighted by atomic mass is 10.3. The summed E-state index contributed by atoms with van der Waals surface area (Å²) < 4.78 is 14.4. The van der Waals surface area contributed by atoms with Crippen molar-refractivity contribution < 1.29 is 9.18 Å². The van der Waals surface area contributed by atoms with Crippen molar-refractivity contribution in [2.75, 3.05) is 5.32 Å². The molecule has 0 aliphatic carbocycles. The minimum Gasteiger partial charge on any atom is -0.323 e. The minimum absolute atomic E-state index is 0.233. The van der Waals surface area contributed by atoms with Gasteiger partial charge >= 0.3 is 5.69 Å². The maximum atomic E-state index is 13.2. The summed E-state index contributed by atoms with van der Waals surface area (Å²) in [5, 5.41) is 3.34. The summed E-state index contributed by atoms with van der Waals surface area (Å²) in [5.41, 5.74) is 0.657. The molecular formula is C15H10Cl2FN3O2. The molecule has 0 spiro atoms. The Morgan fingerprint density at radius 1 is 1.22 bits per heavy atom. The van der Waals surface area contributed by atoms with Crippen LogP contribution in [0.2, 0.25) is 10.0 Å². The predicted molar refractivity (Wildman–Crippen MR) is 87.6 cm³/mol. The van der Waals surface area contributed by atoms with Crippen LogP contribution in [0, 0.1) is 5.82 Å². The minimum atomic E-state index is -0.497. The van der Waals surface area contributed by atoms with Gasteiger partial charge in [0.2, 0.25) is 5.91 Å². The van der Waals surface area contributed by atoms with Crippen molar-refractivity contribution in [2.24, 2.45) is 0 Å². The van der Waals surface area contributed by atoms with Gasteiger partial charge in [-0.2, -0.15) is 0 Å². The Morgan fingerprint density at radius 3 is 2.74 bits per heavy atom. The quantitative estimate of drug-likeness (QED) is 0.757. The topological polar surface area (TPSA) is 66.9 Å². The molecule has 1 amide bonds. The first-order valence-electron chi connectivity index (χ1n) is 6.57. The second-order valence-electron chi connectivity index (χ2n) is 4.85. The van der Waals surface area contributed by atoms with E-state index in [9.17, 15) is 14.0 Å². The Morgan fingerprint density at radius 2 is 2.00 bits per heavy atom. The summed E-state index contributed by atoms with van der Waals surface area (Å²) in [4.78, 5) is 26.5. The highest BCUT2D eigenvalue weighted by molar-refractivity contribution is 6.36. The molecular weight excluding hydrogens is 344 g/mol. The number of fused-ring (bicyclic) bond motifs is 1. The smallest absolute Gasteiger partial charge is 0.323 e.